The Labute approximate surface area is 132 Å². The predicted molar refractivity (Wildman–Crippen MR) is 84.3 cm³/mol. The maximum absolute atomic E-state index is 6.39. The van der Waals surface area contributed by atoms with Crippen LogP contribution in [0.25, 0.3) is 0 Å². The van der Waals surface area contributed by atoms with E-state index in [4.69, 9.17) is 22.1 Å². The van der Waals surface area contributed by atoms with Gasteiger partial charge >= 0.3 is 0 Å². The minimum atomic E-state index is -0.378. The van der Waals surface area contributed by atoms with Crippen LogP contribution in [0.3, 0.4) is 0 Å². The lowest BCUT2D eigenvalue weighted by Gasteiger charge is -2.19. The average Bonchev–Trinajstić information content (AvgIpc) is 2.80. The summed E-state index contributed by atoms with van der Waals surface area (Å²) in [6, 6.07) is 5.51. The number of benzene rings is 1. The third-order valence-electron chi connectivity index (χ3n) is 3.11. The van der Waals surface area contributed by atoms with Crippen LogP contribution in [0.15, 0.2) is 28.9 Å². The van der Waals surface area contributed by atoms with E-state index in [-0.39, 0.29) is 12.1 Å². The molecule has 1 aromatic carbocycles. The van der Waals surface area contributed by atoms with Crippen LogP contribution in [0.5, 0.6) is 5.75 Å². The van der Waals surface area contributed by atoms with Crippen molar-refractivity contribution < 1.29 is 4.74 Å². The molecule has 1 heterocycles. The van der Waals surface area contributed by atoms with Gasteiger partial charge in [0.2, 0.25) is 0 Å². The van der Waals surface area contributed by atoms with E-state index < -0.39 is 0 Å². The molecule has 4 nitrogen and oxygen atoms in total. The van der Waals surface area contributed by atoms with Gasteiger partial charge in [0.15, 0.2) is 0 Å². The van der Waals surface area contributed by atoms with Gasteiger partial charge in [-0.3, -0.25) is 4.68 Å². The summed E-state index contributed by atoms with van der Waals surface area (Å²) in [4.78, 5) is 0. The van der Waals surface area contributed by atoms with Crippen molar-refractivity contribution in [3.05, 3.63) is 45.1 Å². The largest absolute Gasteiger partial charge is 0.497 e. The number of ether oxygens (including phenoxy) is 1. The number of halogens is 2. The molecule has 6 heteroatoms. The molecule has 0 saturated carbocycles. The van der Waals surface area contributed by atoms with E-state index in [1.165, 1.54) is 0 Å². The number of rotatable bonds is 4. The van der Waals surface area contributed by atoms with Crippen LogP contribution in [0, 0.1) is 0 Å². The van der Waals surface area contributed by atoms with Gasteiger partial charge in [0.05, 0.1) is 30.1 Å². The second kappa shape index (κ2) is 6.16. The van der Waals surface area contributed by atoms with E-state index in [2.05, 4.69) is 21.0 Å². The van der Waals surface area contributed by atoms with Crippen molar-refractivity contribution in [1.82, 2.24) is 9.78 Å². The van der Waals surface area contributed by atoms with E-state index >= 15 is 0 Å². The molecule has 0 fully saturated rings. The first-order valence-electron chi connectivity index (χ1n) is 6.27. The molecule has 0 spiro atoms. The summed E-state index contributed by atoms with van der Waals surface area (Å²) in [6.07, 6.45) is 1.63. The van der Waals surface area contributed by atoms with Crippen LogP contribution < -0.4 is 10.5 Å². The second-order valence-corrected chi connectivity index (χ2v) is 6.04. The average molecular weight is 359 g/mol. The summed E-state index contributed by atoms with van der Waals surface area (Å²) in [7, 11) is 1.63. The molecule has 0 bridgehead atoms. The summed E-state index contributed by atoms with van der Waals surface area (Å²) < 4.78 is 8.01. The highest BCUT2D eigenvalue weighted by Gasteiger charge is 2.22. The van der Waals surface area contributed by atoms with E-state index in [0.29, 0.717) is 5.02 Å². The first kappa shape index (κ1) is 15.4. The molecule has 0 aliphatic rings. The van der Waals surface area contributed by atoms with Gasteiger partial charge in [0.1, 0.15) is 5.75 Å². The maximum atomic E-state index is 6.39. The minimum Gasteiger partial charge on any atom is -0.497 e. The molecule has 0 amide bonds. The molecule has 108 valence electrons. The minimum absolute atomic E-state index is 0.188. The fourth-order valence-electron chi connectivity index (χ4n) is 2.09. The molecule has 2 N–H and O–H groups in total. The number of methoxy groups -OCH3 is 1. The Morgan fingerprint density at radius 3 is 2.70 bits per heavy atom. The molecule has 0 aliphatic heterocycles. The Morgan fingerprint density at radius 1 is 1.40 bits per heavy atom. The van der Waals surface area contributed by atoms with Gasteiger partial charge in [-0.15, -0.1) is 0 Å². The summed E-state index contributed by atoms with van der Waals surface area (Å²) in [5, 5.41) is 4.86. The molecule has 1 unspecified atom stereocenters. The lowest BCUT2D eigenvalue weighted by molar-refractivity contribution is 0.413. The van der Waals surface area contributed by atoms with Gasteiger partial charge < -0.3 is 10.5 Å². The van der Waals surface area contributed by atoms with Gasteiger partial charge in [-0.1, -0.05) is 27.5 Å². The lowest BCUT2D eigenvalue weighted by Crippen LogP contribution is -2.19. The predicted octanol–water partition coefficient (Wildman–Crippen LogP) is 3.94. The van der Waals surface area contributed by atoms with Crippen LogP contribution in [0.2, 0.25) is 5.02 Å². The highest BCUT2D eigenvalue weighted by molar-refractivity contribution is 9.10. The molecule has 1 aromatic heterocycles. The molecule has 0 aliphatic carbocycles. The molecular weight excluding hydrogens is 342 g/mol. The van der Waals surface area contributed by atoms with Crippen LogP contribution in [-0.2, 0) is 0 Å². The van der Waals surface area contributed by atoms with Crippen LogP contribution >= 0.6 is 27.5 Å². The van der Waals surface area contributed by atoms with Gasteiger partial charge in [-0.2, -0.15) is 5.10 Å². The Balaban J connectivity index is 2.51. The zero-order chi connectivity index (χ0) is 14.9. The second-order valence-electron chi connectivity index (χ2n) is 4.78. The van der Waals surface area contributed by atoms with E-state index in [0.717, 1.165) is 21.5 Å². The summed E-state index contributed by atoms with van der Waals surface area (Å²) in [5.74, 6) is 0.755. The number of nitrogens with two attached hydrogens (primary N) is 1. The third kappa shape index (κ3) is 2.85. The Bertz CT molecular complexity index is 612. The molecule has 1 atom stereocenters. The Morgan fingerprint density at radius 2 is 2.10 bits per heavy atom. The van der Waals surface area contributed by atoms with E-state index in [1.807, 2.05) is 36.7 Å². The summed E-state index contributed by atoms with van der Waals surface area (Å²) in [6.45, 7) is 4.08. The van der Waals surface area contributed by atoms with Crippen LogP contribution in [0.4, 0.5) is 0 Å². The van der Waals surface area contributed by atoms with Crippen molar-refractivity contribution in [3.63, 3.8) is 0 Å². The van der Waals surface area contributed by atoms with Crippen LogP contribution in [0.1, 0.15) is 37.2 Å². The van der Waals surface area contributed by atoms with E-state index in [1.54, 1.807) is 13.3 Å². The normalized spacial score (nSPS) is 12.8. The van der Waals surface area contributed by atoms with E-state index in [9.17, 15) is 0 Å². The van der Waals surface area contributed by atoms with Crippen LogP contribution in [-0.4, -0.2) is 16.9 Å². The highest BCUT2D eigenvalue weighted by Crippen LogP contribution is 2.34. The topological polar surface area (TPSA) is 53.1 Å². The molecule has 20 heavy (non-hydrogen) atoms. The molecule has 2 rings (SSSR count). The quantitative estimate of drug-likeness (QED) is 0.900. The third-order valence-corrected chi connectivity index (χ3v) is 4.12. The summed E-state index contributed by atoms with van der Waals surface area (Å²) >= 11 is 9.77. The van der Waals surface area contributed by atoms with Gasteiger partial charge in [0, 0.05) is 10.5 Å². The maximum Gasteiger partial charge on any atom is 0.119 e. The number of nitrogens with zero attached hydrogens (tertiary/aromatic N) is 2. The molecular formula is C14H17BrClN3O. The smallest absolute Gasteiger partial charge is 0.119 e. The van der Waals surface area contributed by atoms with Crippen molar-refractivity contribution in [2.45, 2.75) is 25.9 Å². The first-order chi connectivity index (χ1) is 9.45. The van der Waals surface area contributed by atoms with Crippen molar-refractivity contribution in [3.8, 4) is 5.75 Å². The van der Waals surface area contributed by atoms with Gasteiger partial charge in [-0.05, 0) is 37.6 Å². The van der Waals surface area contributed by atoms with Crippen molar-refractivity contribution >= 4 is 27.5 Å². The highest BCUT2D eigenvalue weighted by atomic mass is 79.9. The summed E-state index contributed by atoms with van der Waals surface area (Å²) in [5.41, 5.74) is 8.11. The standard InChI is InChI=1S/C14H17BrClN3O/c1-8(2)19-14(12(16)7-18-19)13(17)10-6-9(20-3)4-5-11(10)15/h4-8,13H,17H2,1-3H3. The SMILES string of the molecule is COc1ccc(Br)c(C(N)c2c(Cl)cnn2C(C)C)c1. The van der Waals surface area contributed by atoms with Gasteiger partial charge in [0.25, 0.3) is 0 Å². The van der Waals surface area contributed by atoms with Crippen molar-refractivity contribution in [2.24, 2.45) is 5.73 Å². The van der Waals surface area contributed by atoms with Crippen molar-refractivity contribution in [2.75, 3.05) is 7.11 Å². The fraction of sp³-hybridized carbons (Fsp3) is 0.357. The molecule has 0 radical (unpaired) electrons. The number of hydrogen-bond donors (Lipinski definition) is 1. The van der Waals surface area contributed by atoms with Gasteiger partial charge in [-0.25, -0.2) is 0 Å². The number of hydrogen-bond acceptors (Lipinski definition) is 3. The van der Waals surface area contributed by atoms with Crippen molar-refractivity contribution in [1.29, 1.82) is 0 Å². The Hall–Kier alpha value is -1.04. The zero-order valence-electron chi connectivity index (χ0n) is 11.6. The monoisotopic (exact) mass is 357 g/mol. The fourth-order valence-corrected chi connectivity index (χ4v) is 2.83. The lowest BCUT2D eigenvalue weighted by atomic mass is 10.0. The zero-order valence-corrected chi connectivity index (χ0v) is 13.9. The Kier molecular flexibility index (Phi) is 4.73. The molecule has 2 aromatic rings. The first-order valence-corrected chi connectivity index (χ1v) is 7.44. The molecule has 0 saturated heterocycles. The number of aromatic nitrogens is 2.